The summed E-state index contributed by atoms with van der Waals surface area (Å²) < 4.78 is 0. The van der Waals surface area contributed by atoms with Crippen molar-refractivity contribution in [3.05, 3.63) is 12.2 Å². The van der Waals surface area contributed by atoms with Gasteiger partial charge in [0, 0.05) is 13.1 Å². The van der Waals surface area contributed by atoms with Gasteiger partial charge in [0.15, 0.2) is 0 Å². The lowest BCUT2D eigenvalue weighted by molar-refractivity contribution is 0.344. The van der Waals surface area contributed by atoms with Gasteiger partial charge in [0.2, 0.25) is 0 Å². The fourth-order valence-electron chi connectivity index (χ4n) is 1.64. The third kappa shape index (κ3) is 2.34. The predicted octanol–water partition coefficient (Wildman–Crippen LogP) is 2.59. The molecule has 0 radical (unpaired) electrons. The molecule has 1 aliphatic carbocycles. The molecule has 0 unspecified atom stereocenters. The Kier molecular flexibility index (Phi) is 3.33. The smallest absolute Gasteiger partial charge is 0.0135 e. The van der Waals surface area contributed by atoms with Crippen molar-refractivity contribution in [2.45, 2.75) is 33.6 Å². The van der Waals surface area contributed by atoms with Crippen LogP contribution in [0.4, 0.5) is 0 Å². The molecule has 12 heavy (non-hydrogen) atoms. The summed E-state index contributed by atoms with van der Waals surface area (Å²) >= 11 is 0. The van der Waals surface area contributed by atoms with E-state index >= 15 is 0 Å². The Labute approximate surface area is 76.2 Å². The highest BCUT2D eigenvalue weighted by atomic mass is 14.9. The van der Waals surface area contributed by atoms with E-state index < -0.39 is 0 Å². The van der Waals surface area contributed by atoms with Crippen LogP contribution in [0.1, 0.15) is 33.6 Å². The predicted molar refractivity (Wildman–Crippen MR) is 54.2 cm³/mol. The molecule has 0 atom stereocenters. The molecule has 1 rings (SSSR count). The summed E-state index contributed by atoms with van der Waals surface area (Å²) in [5.41, 5.74) is 0.654. The highest BCUT2D eigenvalue weighted by Gasteiger charge is 2.44. The quantitative estimate of drug-likeness (QED) is 0.490. The second-order valence-corrected chi connectivity index (χ2v) is 4.22. The van der Waals surface area contributed by atoms with Crippen molar-refractivity contribution in [2.75, 3.05) is 13.1 Å². The first-order chi connectivity index (χ1) is 5.71. The summed E-state index contributed by atoms with van der Waals surface area (Å²) in [5, 5.41) is 3.48. The number of hydrogen-bond acceptors (Lipinski definition) is 1. The van der Waals surface area contributed by atoms with E-state index in [9.17, 15) is 0 Å². The fraction of sp³-hybridized carbons (Fsp3) is 0.818. The molecule has 0 bridgehead atoms. The summed E-state index contributed by atoms with van der Waals surface area (Å²) in [6.07, 6.45) is 7.12. The standard InChI is InChI=1S/C11H21N/c1-4-5-8-12-9-11(6-7-11)10(2)3/h4-5,10,12H,6-9H2,1-3H3/b5-4+. The highest BCUT2D eigenvalue weighted by Crippen LogP contribution is 2.51. The second kappa shape index (κ2) is 4.08. The Morgan fingerprint density at radius 1 is 1.42 bits per heavy atom. The molecule has 0 heterocycles. The molecular formula is C11H21N. The molecule has 70 valence electrons. The molecule has 0 spiro atoms. The number of rotatable bonds is 5. The van der Waals surface area contributed by atoms with Crippen LogP contribution < -0.4 is 5.32 Å². The molecule has 1 saturated carbocycles. The van der Waals surface area contributed by atoms with Crippen molar-refractivity contribution in [2.24, 2.45) is 11.3 Å². The zero-order chi connectivity index (χ0) is 9.03. The SMILES string of the molecule is C/C=C/CNCC1(C(C)C)CC1. The normalized spacial score (nSPS) is 20.7. The van der Waals surface area contributed by atoms with E-state index in [-0.39, 0.29) is 0 Å². The van der Waals surface area contributed by atoms with Gasteiger partial charge in [0.25, 0.3) is 0 Å². The Morgan fingerprint density at radius 2 is 2.08 bits per heavy atom. The maximum Gasteiger partial charge on any atom is 0.0135 e. The lowest BCUT2D eigenvalue weighted by Gasteiger charge is -2.19. The average molecular weight is 167 g/mol. The van der Waals surface area contributed by atoms with E-state index in [1.54, 1.807) is 0 Å². The first-order valence-electron chi connectivity index (χ1n) is 5.03. The van der Waals surface area contributed by atoms with E-state index in [1.807, 2.05) is 0 Å². The molecule has 1 heteroatoms. The van der Waals surface area contributed by atoms with E-state index in [0.29, 0.717) is 5.41 Å². The molecule has 0 aromatic heterocycles. The largest absolute Gasteiger partial charge is 0.313 e. The lowest BCUT2D eigenvalue weighted by Crippen LogP contribution is -2.27. The number of hydrogen-bond donors (Lipinski definition) is 1. The Morgan fingerprint density at radius 3 is 2.50 bits per heavy atom. The molecule has 0 aliphatic heterocycles. The van der Waals surface area contributed by atoms with Crippen LogP contribution in [-0.2, 0) is 0 Å². The minimum atomic E-state index is 0.654. The second-order valence-electron chi connectivity index (χ2n) is 4.22. The van der Waals surface area contributed by atoms with E-state index in [4.69, 9.17) is 0 Å². The third-order valence-electron chi connectivity index (χ3n) is 3.09. The van der Waals surface area contributed by atoms with Crippen LogP contribution in [-0.4, -0.2) is 13.1 Å². The molecular weight excluding hydrogens is 146 g/mol. The Hall–Kier alpha value is -0.300. The lowest BCUT2D eigenvalue weighted by atomic mass is 9.92. The first kappa shape index (κ1) is 9.79. The van der Waals surface area contributed by atoms with Gasteiger partial charge in [0.05, 0.1) is 0 Å². The van der Waals surface area contributed by atoms with Crippen molar-refractivity contribution in [3.63, 3.8) is 0 Å². The minimum absolute atomic E-state index is 0.654. The first-order valence-corrected chi connectivity index (χ1v) is 5.03. The highest BCUT2D eigenvalue weighted by molar-refractivity contribution is 4.97. The molecule has 0 aromatic carbocycles. The van der Waals surface area contributed by atoms with Crippen molar-refractivity contribution in [1.82, 2.24) is 5.32 Å². The van der Waals surface area contributed by atoms with Gasteiger partial charge in [-0.2, -0.15) is 0 Å². The summed E-state index contributed by atoms with van der Waals surface area (Å²) in [4.78, 5) is 0. The van der Waals surface area contributed by atoms with Gasteiger partial charge in [-0.15, -0.1) is 0 Å². The average Bonchev–Trinajstić information content (AvgIpc) is 2.79. The number of allylic oxidation sites excluding steroid dienone is 1. The third-order valence-corrected chi connectivity index (χ3v) is 3.09. The van der Waals surface area contributed by atoms with Gasteiger partial charge < -0.3 is 5.32 Å². The van der Waals surface area contributed by atoms with Crippen molar-refractivity contribution in [3.8, 4) is 0 Å². The summed E-state index contributed by atoms with van der Waals surface area (Å²) in [5.74, 6) is 0.843. The van der Waals surface area contributed by atoms with Crippen LogP contribution in [0, 0.1) is 11.3 Å². The Bertz CT molecular complexity index is 154. The van der Waals surface area contributed by atoms with Crippen LogP contribution in [0.2, 0.25) is 0 Å². The van der Waals surface area contributed by atoms with Crippen molar-refractivity contribution in [1.29, 1.82) is 0 Å². The maximum absolute atomic E-state index is 3.48. The summed E-state index contributed by atoms with van der Waals surface area (Å²) in [6, 6.07) is 0. The van der Waals surface area contributed by atoms with Crippen LogP contribution in [0.25, 0.3) is 0 Å². The van der Waals surface area contributed by atoms with Crippen LogP contribution >= 0.6 is 0 Å². The minimum Gasteiger partial charge on any atom is -0.313 e. The molecule has 0 amide bonds. The Balaban J connectivity index is 2.14. The van der Waals surface area contributed by atoms with Gasteiger partial charge in [0.1, 0.15) is 0 Å². The van der Waals surface area contributed by atoms with Crippen molar-refractivity contribution >= 4 is 0 Å². The summed E-state index contributed by atoms with van der Waals surface area (Å²) in [6.45, 7) is 8.98. The van der Waals surface area contributed by atoms with Gasteiger partial charge in [-0.25, -0.2) is 0 Å². The van der Waals surface area contributed by atoms with E-state index in [1.165, 1.54) is 19.4 Å². The fourth-order valence-corrected chi connectivity index (χ4v) is 1.64. The topological polar surface area (TPSA) is 12.0 Å². The van der Waals surface area contributed by atoms with Crippen molar-refractivity contribution < 1.29 is 0 Å². The zero-order valence-electron chi connectivity index (χ0n) is 8.56. The molecule has 1 fully saturated rings. The van der Waals surface area contributed by atoms with Gasteiger partial charge in [-0.3, -0.25) is 0 Å². The van der Waals surface area contributed by atoms with Crippen LogP contribution in [0.15, 0.2) is 12.2 Å². The van der Waals surface area contributed by atoms with Gasteiger partial charge in [-0.1, -0.05) is 26.0 Å². The molecule has 1 nitrogen and oxygen atoms in total. The maximum atomic E-state index is 3.48. The molecule has 1 N–H and O–H groups in total. The molecule has 1 aliphatic rings. The monoisotopic (exact) mass is 167 g/mol. The molecule has 0 aromatic rings. The molecule has 0 saturated heterocycles. The van der Waals surface area contributed by atoms with Crippen LogP contribution in [0.5, 0.6) is 0 Å². The van der Waals surface area contributed by atoms with E-state index in [2.05, 4.69) is 38.2 Å². The van der Waals surface area contributed by atoms with Gasteiger partial charge >= 0.3 is 0 Å². The zero-order valence-corrected chi connectivity index (χ0v) is 8.56. The van der Waals surface area contributed by atoms with Crippen LogP contribution in [0.3, 0.4) is 0 Å². The van der Waals surface area contributed by atoms with E-state index in [0.717, 1.165) is 12.5 Å². The number of nitrogens with one attached hydrogen (secondary N) is 1. The summed E-state index contributed by atoms with van der Waals surface area (Å²) in [7, 11) is 0. The van der Waals surface area contributed by atoms with Gasteiger partial charge in [-0.05, 0) is 31.1 Å².